The van der Waals surface area contributed by atoms with Crippen molar-refractivity contribution < 1.29 is 9.59 Å². The van der Waals surface area contributed by atoms with E-state index in [1.165, 1.54) is 4.90 Å². The number of guanidine groups is 1. The van der Waals surface area contributed by atoms with E-state index < -0.39 is 5.54 Å². The zero-order chi connectivity index (χ0) is 18.7. The third-order valence-corrected chi connectivity index (χ3v) is 5.14. The Balaban J connectivity index is 1.58. The van der Waals surface area contributed by atoms with Crippen LogP contribution in [-0.4, -0.2) is 40.9 Å². The van der Waals surface area contributed by atoms with Gasteiger partial charge in [-0.2, -0.15) is 0 Å². The molecule has 1 aromatic rings. The lowest BCUT2D eigenvalue weighted by atomic mass is 10.0. The second-order valence-corrected chi connectivity index (χ2v) is 7.57. The fraction of sp³-hybridized carbons (Fsp3) is 0.500. The van der Waals surface area contributed by atoms with E-state index in [0.717, 1.165) is 31.2 Å². The fourth-order valence-electron chi connectivity index (χ4n) is 3.43. The van der Waals surface area contributed by atoms with Crippen LogP contribution >= 0.6 is 11.6 Å². The van der Waals surface area contributed by atoms with Crippen molar-refractivity contribution >= 4 is 29.5 Å². The van der Waals surface area contributed by atoms with Gasteiger partial charge < -0.3 is 16.0 Å². The van der Waals surface area contributed by atoms with Gasteiger partial charge in [-0.25, -0.2) is 4.79 Å². The average Bonchev–Trinajstić information content (AvgIpc) is 3.16. The van der Waals surface area contributed by atoms with Crippen LogP contribution in [0.25, 0.3) is 0 Å². The number of hydrogen-bond acceptors (Lipinski definition) is 3. The Morgan fingerprint density at radius 3 is 2.85 bits per heavy atom. The summed E-state index contributed by atoms with van der Waals surface area (Å²) < 4.78 is 0. The summed E-state index contributed by atoms with van der Waals surface area (Å²) in [5.41, 5.74) is -0.198. The topological polar surface area (TPSA) is 97.3 Å². The minimum absolute atomic E-state index is 0.0236. The number of carbonyl (C=O) groups is 2. The molecule has 0 aromatic heterocycles. The van der Waals surface area contributed by atoms with E-state index in [0.29, 0.717) is 5.02 Å². The van der Waals surface area contributed by atoms with Crippen molar-refractivity contribution in [2.45, 2.75) is 50.7 Å². The molecule has 3 amide bonds. The zero-order valence-electron chi connectivity index (χ0n) is 14.8. The van der Waals surface area contributed by atoms with E-state index in [2.05, 4.69) is 16.0 Å². The van der Waals surface area contributed by atoms with Crippen LogP contribution in [-0.2, 0) is 11.3 Å². The number of benzene rings is 1. The lowest BCUT2D eigenvalue weighted by Crippen LogP contribution is -2.55. The highest BCUT2D eigenvalue weighted by Gasteiger charge is 2.46. The molecule has 26 heavy (non-hydrogen) atoms. The van der Waals surface area contributed by atoms with Gasteiger partial charge in [0, 0.05) is 11.1 Å². The van der Waals surface area contributed by atoms with E-state index in [4.69, 9.17) is 17.0 Å². The minimum Gasteiger partial charge on any atom is -0.340 e. The Morgan fingerprint density at radius 2 is 2.15 bits per heavy atom. The Labute approximate surface area is 158 Å². The molecule has 8 heteroatoms. The van der Waals surface area contributed by atoms with Crippen LogP contribution in [0.4, 0.5) is 4.79 Å². The Hall–Kier alpha value is -2.28. The lowest BCUT2D eigenvalue weighted by Gasteiger charge is -2.23. The number of amides is 3. The maximum absolute atomic E-state index is 12.8. The Bertz CT molecular complexity index is 719. The summed E-state index contributed by atoms with van der Waals surface area (Å²) in [5.74, 6) is -0.223. The smallest absolute Gasteiger partial charge is 0.315 e. The summed E-state index contributed by atoms with van der Waals surface area (Å²) in [6.45, 7) is 2.06. The van der Waals surface area contributed by atoms with E-state index in [-0.39, 0.29) is 37.0 Å². The van der Waals surface area contributed by atoms with Crippen molar-refractivity contribution in [2.24, 2.45) is 0 Å². The normalized spacial score (nSPS) is 23.2. The molecular weight excluding hydrogens is 354 g/mol. The first-order valence-electron chi connectivity index (χ1n) is 8.85. The highest BCUT2D eigenvalue weighted by atomic mass is 35.5. The predicted octanol–water partition coefficient (Wildman–Crippen LogP) is 2.21. The van der Waals surface area contributed by atoms with Gasteiger partial charge in [0.15, 0.2) is 5.96 Å². The molecule has 1 saturated heterocycles. The van der Waals surface area contributed by atoms with Crippen molar-refractivity contribution in [1.82, 2.24) is 20.9 Å². The molecule has 0 bridgehead atoms. The number of nitrogens with zero attached hydrogens (tertiary/aromatic N) is 1. The van der Waals surface area contributed by atoms with Gasteiger partial charge in [-0.05, 0) is 37.5 Å². The summed E-state index contributed by atoms with van der Waals surface area (Å²) in [4.78, 5) is 26.2. The van der Waals surface area contributed by atoms with Gasteiger partial charge in [-0.1, -0.05) is 36.6 Å². The summed E-state index contributed by atoms with van der Waals surface area (Å²) in [6.07, 6.45) is 4.27. The molecule has 1 aliphatic heterocycles. The molecule has 2 fully saturated rings. The van der Waals surface area contributed by atoms with Crippen LogP contribution < -0.4 is 16.0 Å². The molecule has 2 aliphatic rings. The van der Waals surface area contributed by atoms with Crippen molar-refractivity contribution in [2.75, 3.05) is 6.54 Å². The largest absolute Gasteiger partial charge is 0.340 e. The SMILES string of the molecule is CC1(CNC(=O)NC2CCCC2)NC(=N)N(Cc2cccc(Cl)c2)C1=O. The third kappa shape index (κ3) is 4.09. The van der Waals surface area contributed by atoms with E-state index in [1.807, 2.05) is 12.1 Å². The van der Waals surface area contributed by atoms with Gasteiger partial charge in [0.05, 0.1) is 13.1 Å². The molecule has 140 valence electrons. The molecule has 1 aliphatic carbocycles. The maximum Gasteiger partial charge on any atom is 0.315 e. The summed E-state index contributed by atoms with van der Waals surface area (Å²) in [5, 5.41) is 17.3. The molecule has 1 aromatic carbocycles. The number of halogens is 1. The summed E-state index contributed by atoms with van der Waals surface area (Å²) >= 11 is 5.99. The highest BCUT2D eigenvalue weighted by Crippen LogP contribution is 2.21. The molecule has 1 heterocycles. The molecule has 1 saturated carbocycles. The summed E-state index contributed by atoms with van der Waals surface area (Å²) in [7, 11) is 0. The maximum atomic E-state index is 12.8. The molecular formula is C18H24ClN5O2. The molecule has 4 N–H and O–H groups in total. The van der Waals surface area contributed by atoms with Crippen LogP contribution in [0, 0.1) is 5.41 Å². The van der Waals surface area contributed by atoms with Crippen LogP contribution in [0.2, 0.25) is 5.02 Å². The first-order chi connectivity index (χ1) is 12.4. The number of carbonyl (C=O) groups excluding carboxylic acids is 2. The summed E-state index contributed by atoms with van der Waals surface area (Å²) in [6, 6.07) is 7.14. The molecule has 1 unspecified atom stereocenters. The number of rotatable bonds is 5. The van der Waals surface area contributed by atoms with Crippen LogP contribution in [0.3, 0.4) is 0 Å². The van der Waals surface area contributed by atoms with Gasteiger partial charge >= 0.3 is 6.03 Å². The number of nitrogens with one attached hydrogen (secondary N) is 4. The predicted molar refractivity (Wildman–Crippen MR) is 100 cm³/mol. The lowest BCUT2D eigenvalue weighted by molar-refractivity contribution is -0.130. The van der Waals surface area contributed by atoms with Crippen molar-refractivity contribution in [3.63, 3.8) is 0 Å². The van der Waals surface area contributed by atoms with Gasteiger partial charge in [-0.15, -0.1) is 0 Å². The van der Waals surface area contributed by atoms with Crippen LogP contribution in [0.5, 0.6) is 0 Å². The van der Waals surface area contributed by atoms with Crippen molar-refractivity contribution in [1.29, 1.82) is 5.41 Å². The monoisotopic (exact) mass is 377 g/mol. The fourth-order valence-corrected chi connectivity index (χ4v) is 3.65. The van der Waals surface area contributed by atoms with E-state index >= 15 is 0 Å². The first-order valence-corrected chi connectivity index (χ1v) is 9.23. The van der Waals surface area contributed by atoms with Crippen LogP contribution in [0.1, 0.15) is 38.2 Å². The van der Waals surface area contributed by atoms with E-state index in [9.17, 15) is 9.59 Å². The van der Waals surface area contributed by atoms with Crippen molar-refractivity contribution in [3.05, 3.63) is 34.9 Å². The zero-order valence-corrected chi connectivity index (χ0v) is 15.5. The van der Waals surface area contributed by atoms with Gasteiger partial charge in [0.1, 0.15) is 5.54 Å². The first kappa shape index (κ1) is 18.5. The number of hydrogen-bond donors (Lipinski definition) is 4. The molecule has 3 rings (SSSR count). The Kier molecular flexibility index (Phi) is 5.36. The van der Waals surface area contributed by atoms with Crippen LogP contribution in [0.15, 0.2) is 24.3 Å². The van der Waals surface area contributed by atoms with Gasteiger partial charge in [0.2, 0.25) is 0 Å². The molecule has 0 radical (unpaired) electrons. The standard InChI is InChI=1S/C18H24ClN5O2/c1-18(11-21-17(26)22-14-7-2-3-8-14)15(25)24(16(20)23-18)10-12-5-4-6-13(19)9-12/h4-6,9,14H,2-3,7-8,10-11H2,1H3,(H2,20,23)(H2,21,22,26). The molecule has 0 spiro atoms. The molecule has 7 nitrogen and oxygen atoms in total. The average molecular weight is 378 g/mol. The number of urea groups is 1. The second kappa shape index (κ2) is 7.53. The third-order valence-electron chi connectivity index (χ3n) is 4.90. The second-order valence-electron chi connectivity index (χ2n) is 7.14. The van der Waals surface area contributed by atoms with Gasteiger partial charge in [-0.3, -0.25) is 15.1 Å². The Morgan fingerprint density at radius 1 is 1.42 bits per heavy atom. The highest BCUT2D eigenvalue weighted by molar-refractivity contribution is 6.30. The quantitative estimate of drug-likeness (QED) is 0.633. The molecule has 1 atom stereocenters. The van der Waals surface area contributed by atoms with Gasteiger partial charge in [0.25, 0.3) is 5.91 Å². The van der Waals surface area contributed by atoms with E-state index in [1.54, 1.807) is 19.1 Å². The van der Waals surface area contributed by atoms with Crippen molar-refractivity contribution in [3.8, 4) is 0 Å². The minimum atomic E-state index is -1.04.